The third-order valence-corrected chi connectivity index (χ3v) is 9.08. The van der Waals surface area contributed by atoms with E-state index < -0.39 is 21.8 Å². The van der Waals surface area contributed by atoms with Crippen LogP contribution in [-0.2, 0) is 32.3 Å². The first-order valence-electron chi connectivity index (χ1n) is 13.5. The summed E-state index contributed by atoms with van der Waals surface area (Å²) in [4.78, 5) is 21.7. The molecule has 8 nitrogen and oxygen atoms in total. The lowest BCUT2D eigenvalue weighted by Crippen LogP contribution is -2.43. The van der Waals surface area contributed by atoms with Crippen molar-refractivity contribution in [3.05, 3.63) is 77.4 Å². The molecule has 0 bridgehead atoms. The number of aryl methyl sites for hydroxylation is 1. The molecule has 4 rings (SSSR count). The molecule has 2 aliphatic rings. The van der Waals surface area contributed by atoms with E-state index in [1.54, 1.807) is 6.92 Å². The molecule has 0 unspecified atom stereocenters. The van der Waals surface area contributed by atoms with Crippen molar-refractivity contribution in [3.8, 4) is 5.75 Å². The zero-order valence-electron chi connectivity index (χ0n) is 22.5. The highest BCUT2D eigenvalue weighted by Gasteiger charge is 2.32. The molecule has 0 spiro atoms. The summed E-state index contributed by atoms with van der Waals surface area (Å²) < 4.78 is 29.4. The predicted octanol–water partition coefficient (Wildman–Crippen LogP) is 4.20. The molecule has 212 valence electrons. The molecule has 1 aliphatic carbocycles. The first-order chi connectivity index (χ1) is 18.7. The maximum atomic E-state index is 11.7. The smallest absolute Gasteiger partial charge is 0.328 e. The monoisotopic (exact) mass is 557 g/mol. The van der Waals surface area contributed by atoms with Crippen LogP contribution in [0.1, 0.15) is 48.8 Å². The zero-order valence-corrected chi connectivity index (χ0v) is 23.3. The van der Waals surface area contributed by atoms with Gasteiger partial charge in [0.15, 0.2) is 0 Å². The van der Waals surface area contributed by atoms with Crippen LogP contribution < -0.4 is 4.74 Å². The Hall–Kier alpha value is -3.17. The molecule has 1 fully saturated rings. The van der Waals surface area contributed by atoms with Crippen LogP contribution in [0.5, 0.6) is 5.75 Å². The topological polar surface area (TPSA) is 121 Å². The molecule has 1 saturated heterocycles. The Morgan fingerprint density at radius 2 is 1.74 bits per heavy atom. The number of carboxylic acids is 2. The van der Waals surface area contributed by atoms with Gasteiger partial charge >= 0.3 is 11.9 Å². The summed E-state index contributed by atoms with van der Waals surface area (Å²) in [6.07, 6.45) is 6.43. The Morgan fingerprint density at radius 1 is 1.05 bits per heavy atom. The second-order valence-corrected chi connectivity index (χ2v) is 12.5. The minimum atomic E-state index is -2.93. The lowest BCUT2D eigenvalue weighted by atomic mass is 9.72. The molecule has 0 amide bonds. The summed E-state index contributed by atoms with van der Waals surface area (Å²) in [5.41, 5.74) is 4.27. The van der Waals surface area contributed by atoms with Gasteiger partial charge in [0.25, 0.3) is 0 Å². The van der Waals surface area contributed by atoms with Gasteiger partial charge in [0.2, 0.25) is 0 Å². The quantitative estimate of drug-likeness (QED) is 0.294. The molecule has 39 heavy (non-hydrogen) atoms. The Kier molecular flexibility index (Phi) is 11.6. The molecule has 9 heteroatoms. The van der Waals surface area contributed by atoms with Gasteiger partial charge in [-0.15, -0.1) is 0 Å². The third kappa shape index (κ3) is 10.1. The van der Waals surface area contributed by atoms with E-state index in [-0.39, 0.29) is 11.5 Å². The molecule has 1 aliphatic heterocycles. The number of hydrogen-bond acceptors (Lipinski definition) is 6. The first-order valence-corrected chi connectivity index (χ1v) is 15.3. The Morgan fingerprint density at radius 3 is 2.33 bits per heavy atom. The number of benzene rings is 2. The van der Waals surface area contributed by atoms with Crippen molar-refractivity contribution in [2.75, 3.05) is 37.7 Å². The van der Waals surface area contributed by atoms with Crippen LogP contribution in [0.4, 0.5) is 0 Å². The molecule has 0 radical (unpaired) electrons. The van der Waals surface area contributed by atoms with Crippen LogP contribution >= 0.6 is 0 Å². The van der Waals surface area contributed by atoms with E-state index >= 15 is 0 Å². The van der Waals surface area contributed by atoms with Crippen LogP contribution in [0.2, 0.25) is 0 Å². The summed E-state index contributed by atoms with van der Waals surface area (Å²) in [5.74, 6) is -0.0853. The second kappa shape index (κ2) is 14.8. The van der Waals surface area contributed by atoms with E-state index in [2.05, 4.69) is 53.4 Å². The van der Waals surface area contributed by atoms with Gasteiger partial charge in [0, 0.05) is 24.4 Å². The van der Waals surface area contributed by atoms with Gasteiger partial charge in [-0.05, 0) is 85.9 Å². The number of sulfone groups is 1. The van der Waals surface area contributed by atoms with Gasteiger partial charge in [-0.3, -0.25) is 0 Å². The zero-order chi connectivity index (χ0) is 28.3. The number of carbonyl (C=O) groups is 2. The van der Waals surface area contributed by atoms with Crippen molar-refractivity contribution >= 4 is 21.8 Å². The number of hydrogen-bond donors (Lipinski definition) is 2. The van der Waals surface area contributed by atoms with Crippen LogP contribution in [0.25, 0.3) is 0 Å². The SMILES string of the molecule is CCS(=O)(=O)CCCOc1ccc2c(c1)[C@H](Cc1ccccc1)[C@H](CN1CCC1)CC2.O=C(O)/C=C/C(=O)O. The van der Waals surface area contributed by atoms with Gasteiger partial charge in [-0.2, -0.15) is 0 Å². The number of carboxylic acid groups (broad SMARTS) is 2. The number of ether oxygens (including phenoxy) is 1. The first kappa shape index (κ1) is 30.4. The van der Waals surface area contributed by atoms with E-state index in [1.807, 2.05) is 0 Å². The van der Waals surface area contributed by atoms with E-state index in [0.29, 0.717) is 37.0 Å². The van der Waals surface area contributed by atoms with Crippen LogP contribution in [0, 0.1) is 5.92 Å². The molecule has 0 saturated carbocycles. The van der Waals surface area contributed by atoms with Gasteiger partial charge in [0.1, 0.15) is 15.6 Å². The second-order valence-electron chi connectivity index (χ2n) is 10.1. The maximum Gasteiger partial charge on any atom is 0.328 e. The fourth-order valence-corrected chi connectivity index (χ4v) is 5.89. The molecule has 1 heterocycles. The van der Waals surface area contributed by atoms with Gasteiger partial charge in [-0.25, -0.2) is 18.0 Å². The lowest BCUT2D eigenvalue weighted by molar-refractivity contribution is -0.134. The summed E-state index contributed by atoms with van der Waals surface area (Å²) in [7, 11) is -2.93. The van der Waals surface area contributed by atoms with E-state index in [9.17, 15) is 18.0 Å². The van der Waals surface area contributed by atoms with Crippen molar-refractivity contribution < 1.29 is 33.0 Å². The average molecular weight is 558 g/mol. The highest BCUT2D eigenvalue weighted by atomic mass is 32.2. The number of nitrogens with zero attached hydrogens (tertiary/aromatic N) is 1. The summed E-state index contributed by atoms with van der Waals surface area (Å²) in [6, 6.07) is 17.3. The van der Waals surface area contributed by atoms with Gasteiger partial charge in [0.05, 0.1) is 12.4 Å². The maximum absolute atomic E-state index is 11.7. The molecule has 2 aromatic carbocycles. The van der Waals surface area contributed by atoms with E-state index in [1.165, 1.54) is 49.2 Å². The number of aliphatic carboxylic acids is 2. The van der Waals surface area contributed by atoms with Crippen LogP contribution in [-0.4, -0.2) is 73.2 Å². The van der Waals surface area contributed by atoms with Gasteiger partial charge < -0.3 is 19.8 Å². The predicted molar refractivity (Wildman–Crippen MR) is 151 cm³/mol. The fraction of sp³-hybridized carbons (Fsp3) is 0.467. The van der Waals surface area contributed by atoms with Gasteiger partial charge in [-0.1, -0.05) is 43.3 Å². The number of rotatable bonds is 12. The largest absolute Gasteiger partial charge is 0.494 e. The fourth-order valence-electron chi connectivity index (χ4n) is 5.05. The van der Waals surface area contributed by atoms with Crippen molar-refractivity contribution in [3.63, 3.8) is 0 Å². The molecule has 2 N–H and O–H groups in total. The standard InChI is InChI=1S/C26H35NO3S.C4H4O4/c1-2-31(28,29)17-7-16-30-24-13-12-22-10-11-23(20-27-14-6-15-27)25(26(22)19-24)18-21-8-4-3-5-9-21;5-3(6)1-2-4(7)8/h3-5,8-9,12-13,19,23,25H,2,6-7,10-11,14-18,20H2,1H3;1-2H,(H,5,6)(H,7,8)/b;2-1+/t23-,25+;/m0./s1. The summed E-state index contributed by atoms with van der Waals surface area (Å²) in [5, 5.41) is 15.6. The van der Waals surface area contributed by atoms with Crippen molar-refractivity contribution in [2.24, 2.45) is 5.92 Å². The molecule has 0 aromatic heterocycles. The molecule has 2 aromatic rings. The minimum absolute atomic E-state index is 0.197. The highest BCUT2D eigenvalue weighted by molar-refractivity contribution is 7.91. The van der Waals surface area contributed by atoms with Crippen molar-refractivity contribution in [1.82, 2.24) is 4.90 Å². The number of likely N-dealkylation sites (tertiary alicyclic amines) is 1. The van der Waals surface area contributed by atoms with E-state index in [0.717, 1.165) is 18.6 Å². The Bertz CT molecular complexity index is 1210. The van der Waals surface area contributed by atoms with Crippen LogP contribution in [0.3, 0.4) is 0 Å². The Balaban J connectivity index is 0.000000459. The summed E-state index contributed by atoms with van der Waals surface area (Å²) in [6.45, 7) is 5.81. The molecular formula is C30H39NO7S. The van der Waals surface area contributed by atoms with Crippen LogP contribution in [0.15, 0.2) is 60.7 Å². The summed E-state index contributed by atoms with van der Waals surface area (Å²) >= 11 is 0. The highest BCUT2D eigenvalue weighted by Crippen LogP contribution is 2.41. The average Bonchev–Trinajstić information content (AvgIpc) is 2.89. The normalized spacial score (nSPS) is 18.9. The number of fused-ring (bicyclic) bond motifs is 1. The third-order valence-electron chi connectivity index (χ3n) is 7.29. The molecular weight excluding hydrogens is 518 g/mol. The van der Waals surface area contributed by atoms with Crippen molar-refractivity contribution in [1.29, 1.82) is 0 Å². The Labute approximate surface area is 231 Å². The minimum Gasteiger partial charge on any atom is -0.494 e. The molecule has 2 atom stereocenters. The lowest BCUT2D eigenvalue weighted by Gasteiger charge is -2.40. The van der Waals surface area contributed by atoms with Crippen molar-refractivity contribution in [2.45, 2.75) is 44.9 Å². The van der Waals surface area contributed by atoms with E-state index in [4.69, 9.17) is 14.9 Å².